The van der Waals surface area contributed by atoms with Gasteiger partial charge in [-0.3, -0.25) is 9.11 Å². The second-order valence-electron chi connectivity index (χ2n) is 4.13. The number of rotatable bonds is 3. The summed E-state index contributed by atoms with van der Waals surface area (Å²) in [6.45, 7) is 0. The molecule has 112 valence electrons. The van der Waals surface area contributed by atoms with Gasteiger partial charge in [-0.25, -0.2) is 0 Å². The lowest BCUT2D eigenvalue weighted by atomic mass is 10.0. The van der Waals surface area contributed by atoms with Crippen LogP contribution < -0.4 is 0 Å². The standard InChI is InChI=1S/C12H10O7S2/c13-12-10(8-4-2-1-3-5-8)6-9(20(14,15)16)7-11(12)21(17,18)19/h1-7,13H,(H,14,15,16)(H,17,18,19). The quantitative estimate of drug-likeness (QED) is 0.728. The first-order chi connectivity index (χ1) is 9.60. The minimum Gasteiger partial charge on any atom is -0.506 e. The highest BCUT2D eigenvalue weighted by Crippen LogP contribution is 2.37. The fourth-order valence-electron chi connectivity index (χ4n) is 1.77. The van der Waals surface area contributed by atoms with E-state index in [1.54, 1.807) is 18.2 Å². The van der Waals surface area contributed by atoms with Crippen LogP contribution in [0.25, 0.3) is 11.1 Å². The van der Waals surface area contributed by atoms with Crippen LogP contribution in [0, 0.1) is 0 Å². The molecule has 7 nitrogen and oxygen atoms in total. The van der Waals surface area contributed by atoms with Crippen LogP contribution in [0.5, 0.6) is 5.75 Å². The van der Waals surface area contributed by atoms with Crippen molar-refractivity contribution >= 4 is 20.2 Å². The molecule has 9 heteroatoms. The summed E-state index contributed by atoms with van der Waals surface area (Å²) in [4.78, 5) is -1.76. The molecule has 0 bridgehead atoms. The SMILES string of the molecule is O=S(=O)(O)c1cc(-c2ccccc2)c(O)c(S(=O)(=O)O)c1. The summed E-state index contributed by atoms with van der Waals surface area (Å²) >= 11 is 0. The third-order valence-corrected chi connectivity index (χ3v) is 4.41. The molecule has 0 heterocycles. The molecule has 2 aromatic carbocycles. The van der Waals surface area contributed by atoms with Crippen molar-refractivity contribution in [3.63, 3.8) is 0 Å². The molecule has 0 atom stereocenters. The summed E-state index contributed by atoms with van der Waals surface area (Å²) in [5.74, 6) is -0.809. The molecule has 0 saturated carbocycles. The fourth-order valence-corrected chi connectivity index (χ4v) is 3.00. The van der Waals surface area contributed by atoms with Crippen LogP contribution in [0.4, 0.5) is 0 Å². The molecule has 2 rings (SSSR count). The predicted molar refractivity (Wildman–Crippen MR) is 73.2 cm³/mol. The second kappa shape index (κ2) is 5.11. The molecule has 0 radical (unpaired) electrons. The van der Waals surface area contributed by atoms with Crippen LogP contribution in [0.2, 0.25) is 0 Å². The smallest absolute Gasteiger partial charge is 0.298 e. The van der Waals surface area contributed by atoms with Crippen LogP contribution in [-0.4, -0.2) is 31.0 Å². The van der Waals surface area contributed by atoms with Crippen molar-refractivity contribution in [3.05, 3.63) is 42.5 Å². The summed E-state index contributed by atoms with van der Waals surface area (Å²) in [7, 11) is -9.59. The van der Waals surface area contributed by atoms with Crippen molar-refractivity contribution < 1.29 is 31.0 Å². The van der Waals surface area contributed by atoms with Gasteiger partial charge in [0.15, 0.2) is 0 Å². The molecule has 0 spiro atoms. The number of aromatic hydroxyl groups is 1. The topological polar surface area (TPSA) is 129 Å². The maximum Gasteiger partial charge on any atom is 0.298 e. The molecular formula is C12H10O7S2. The Bertz CT molecular complexity index is 885. The summed E-state index contributed by atoms with van der Waals surface area (Å²) in [5, 5.41) is 9.95. The molecule has 0 unspecified atom stereocenters. The molecule has 2 aromatic rings. The van der Waals surface area contributed by atoms with Crippen LogP contribution in [0.3, 0.4) is 0 Å². The van der Waals surface area contributed by atoms with Gasteiger partial charge in [-0.05, 0) is 17.7 Å². The largest absolute Gasteiger partial charge is 0.506 e. The molecule has 21 heavy (non-hydrogen) atoms. The van der Waals surface area contributed by atoms with Gasteiger partial charge in [-0.2, -0.15) is 16.8 Å². The van der Waals surface area contributed by atoms with Gasteiger partial charge >= 0.3 is 0 Å². The normalized spacial score (nSPS) is 12.3. The first kappa shape index (κ1) is 15.4. The minimum absolute atomic E-state index is 0.154. The van der Waals surface area contributed by atoms with E-state index in [2.05, 4.69) is 0 Å². The van der Waals surface area contributed by atoms with Crippen molar-refractivity contribution in [1.82, 2.24) is 0 Å². The van der Waals surface area contributed by atoms with E-state index < -0.39 is 35.8 Å². The van der Waals surface area contributed by atoms with E-state index in [0.717, 1.165) is 6.07 Å². The summed E-state index contributed by atoms with van der Waals surface area (Å²) in [6.07, 6.45) is 0. The van der Waals surface area contributed by atoms with Gasteiger partial charge in [0.05, 0.1) is 4.90 Å². The van der Waals surface area contributed by atoms with Crippen molar-refractivity contribution in [3.8, 4) is 16.9 Å². The third-order valence-electron chi connectivity index (χ3n) is 2.71. The Balaban J connectivity index is 2.89. The Hall–Kier alpha value is -1.94. The van der Waals surface area contributed by atoms with Gasteiger partial charge in [0.25, 0.3) is 20.2 Å². The van der Waals surface area contributed by atoms with E-state index in [4.69, 9.17) is 9.11 Å². The Morgan fingerprint density at radius 3 is 1.86 bits per heavy atom. The first-order valence-electron chi connectivity index (χ1n) is 5.48. The minimum atomic E-state index is -4.87. The van der Waals surface area contributed by atoms with Gasteiger partial charge < -0.3 is 5.11 Å². The van der Waals surface area contributed by atoms with E-state index in [1.807, 2.05) is 0 Å². The van der Waals surface area contributed by atoms with Crippen molar-refractivity contribution in [2.45, 2.75) is 9.79 Å². The molecule has 0 aromatic heterocycles. The molecule has 0 saturated heterocycles. The van der Waals surface area contributed by atoms with E-state index in [-0.39, 0.29) is 5.56 Å². The van der Waals surface area contributed by atoms with Crippen LogP contribution in [0.15, 0.2) is 52.3 Å². The highest BCUT2D eigenvalue weighted by molar-refractivity contribution is 7.86. The lowest BCUT2D eigenvalue weighted by Crippen LogP contribution is -2.04. The van der Waals surface area contributed by atoms with Crippen molar-refractivity contribution in [2.75, 3.05) is 0 Å². The zero-order valence-electron chi connectivity index (χ0n) is 10.3. The zero-order chi connectivity index (χ0) is 15.8. The third kappa shape index (κ3) is 3.22. The molecular weight excluding hydrogens is 320 g/mol. The Labute approximate surface area is 121 Å². The lowest BCUT2D eigenvalue weighted by molar-refractivity contribution is 0.443. The summed E-state index contributed by atoms with van der Waals surface area (Å²) in [5.41, 5.74) is 0.156. The average Bonchev–Trinajstić information content (AvgIpc) is 2.37. The highest BCUT2D eigenvalue weighted by atomic mass is 32.2. The van der Waals surface area contributed by atoms with E-state index in [9.17, 15) is 21.9 Å². The van der Waals surface area contributed by atoms with E-state index in [1.165, 1.54) is 12.1 Å². The zero-order valence-corrected chi connectivity index (χ0v) is 12.0. The van der Waals surface area contributed by atoms with Crippen molar-refractivity contribution in [2.24, 2.45) is 0 Å². The Kier molecular flexibility index (Phi) is 3.76. The number of phenolic OH excluding ortho intramolecular Hbond substituents is 1. The summed E-state index contributed by atoms with van der Waals surface area (Å²) in [6, 6.07) is 9.22. The number of phenols is 1. The molecule has 0 aliphatic rings. The second-order valence-corrected chi connectivity index (χ2v) is 6.95. The van der Waals surface area contributed by atoms with Crippen molar-refractivity contribution in [1.29, 1.82) is 0 Å². The van der Waals surface area contributed by atoms with Gasteiger partial charge in [-0.1, -0.05) is 30.3 Å². The number of hydrogen-bond donors (Lipinski definition) is 3. The fraction of sp³-hybridized carbons (Fsp3) is 0. The molecule has 0 aliphatic heterocycles. The van der Waals surface area contributed by atoms with E-state index in [0.29, 0.717) is 11.6 Å². The molecule has 0 aliphatic carbocycles. The van der Waals surface area contributed by atoms with Gasteiger partial charge in [-0.15, -0.1) is 0 Å². The van der Waals surface area contributed by atoms with Crippen LogP contribution >= 0.6 is 0 Å². The first-order valence-corrected chi connectivity index (χ1v) is 8.36. The predicted octanol–water partition coefficient (Wildman–Crippen LogP) is 1.55. The lowest BCUT2D eigenvalue weighted by Gasteiger charge is -2.10. The number of hydrogen-bond acceptors (Lipinski definition) is 5. The highest BCUT2D eigenvalue weighted by Gasteiger charge is 2.24. The molecule has 3 N–H and O–H groups in total. The maximum atomic E-state index is 11.2. The van der Waals surface area contributed by atoms with Gasteiger partial charge in [0, 0.05) is 5.56 Å². The number of benzene rings is 2. The molecule has 0 fully saturated rings. The van der Waals surface area contributed by atoms with Crippen LogP contribution in [-0.2, 0) is 20.2 Å². The Morgan fingerprint density at radius 1 is 0.810 bits per heavy atom. The monoisotopic (exact) mass is 330 g/mol. The van der Waals surface area contributed by atoms with Gasteiger partial charge in [0.2, 0.25) is 0 Å². The van der Waals surface area contributed by atoms with Gasteiger partial charge in [0.1, 0.15) is 10.6 Å². The maximum absolute atomic E-state index is 11.2. The summed E-state index contributed by atoms with van der Waals surface area (Å²) < 4.78 is 63.0. The average molecular weight is 330 g/mol. The Morgan fingerprint density at radius 2 is 1.38 bits per heavy atom. The molecule has 0 amide bonds. The van der Waals surface area contributed by atoms with Crippen LogP contribution in [0.1, 0.15) is 0 Å². The van der Waals surface area contributed by atoms with E-state index >= 15 is 0 Å².